The highest BCUT2D eigenvalue weighted by Gasteiger charge is 2.24. The van der Waals surface area contributed by atoms with Gasteiger partial charge in [0.15, 0.2) is 11.1 Å². The highest BCUT2D eigenvalue weighted by molar-refractivity contribution is 7.80. The summed E-state index contributed by atoms with van der Waals surface area (Å²) in [5, 5.41) is 0. The van der Waals surface area contributed by atoms with Crippen LogP contribution in [0.1, 0.15) is 6.92 Å². The lowest BCUT2D eigenvalue weighted by molar-refractivity contribution is 0.233. The Morgan fingerprint density at radius 3 is 3.00 bits per heavy atom. The Morgan fingerprint density at radius 2 is 2.50 bits per heavy atom. The van der Waals surface area contributed by atoms with Gasteiger partial charge in [-0.25, -0.2) is 4.21 Å². The second-order valence-corrected chi connectivity index (χ2v) is 3.68. The zero-order valence-electron chi connectivity index (χ0n) is 5.87. The van der Waals surface area contributed by atoms with Gasteiger partial charge in [0.25, 0.3) is 0 Å². The molecule has 1 aliphatic heterocycles. The van der Waals surface area contributed by atoms with Crippen molar-refractivity contribution in [2.75, 3.05) is 12.4 Å². The average molecular weight is 158 g/mol. The number of terminal acetylenes is 1. The zero-order valence-corrected chi connectivity index (χ0v) is 6.69. The predicted octanol–water partition coefficient (Wildman–Crippen LogP) is 0.566. The highest BCUT2D eigenvalue weighted by atomic mass is 32.2. The fourth-order valence-electron chi connectivity index (χ4n) is 0.871. The van der Waals surface area contributed by atoms with Crippen LogP contribution in [0.2, 0.25) is 0 Å². The minimum atomic E-state index is -1.13. The summed E-state index contributed by atoms with van der Waals surface area (Å²) in [6, 6.07) is 0. The van der Waals surface area contributed by atoms with E-state index in [0.29, 0.717) is 18.3 Å². The van der Waals surface area contributed by atoms with Crippen molar-refractivity contribution in [3.63, 3.8) is 0 Å². The maximum atomic E-state index is 10.8. The first kappa shape index (κ1) is 7.77. The van der Waals surface area contributed by atoms with Crippen molar-refractivity contribution < 1.29 is 8.39 Å². The molecule has 0 bridgehead atoms. The number of hydrogen-bond acceptors (Lipinski definition) is 2. The molecule has 0 radical (unpaired) electrons. The molecule has 0 amide bonds. The summed E-state index contributed by atoms with van der Waals surface area (Å²) in [5.41, 5.74) is 0. The van der Waals surface area contributed by atoms with Crippen LogP contribution in [-0.2, 0) is 15.3 Å². The largest absolute Gasteiger partial charge is 0.290 e. The SMILES string of the molecule is C#CC1CS(=O)OCC1C. The van der Waals surface area contributed by atoms with Crippen molar-refractivity contribution >= 4 is 11.1 Å². The van der Waals surface area contributed by atoms with E-state index in [2.05, 4.69) is 5.92 Å². The average Bonchev–Trinajstić information content (AvgIpc) is 1.94. The molecule has 1 rings (SSSR count). The molecule has 1 saturated heterocycles. The van der Waals surface area contributed by atoms with Gasteiger partial charge < -0.3 is 0 Å². The minimum Gasteiger partial charge on any atom is -0.290 e. The van der Waals surface area contributed by atoms with E-state index >= 15 is 0 Å². The molecule has 3 unspecified atom stereocenters. The van der Waals surface area contributed by atoms with Gasteiger partial charge in [-0.2, -0.15) is 0 Å². The third-order valence-corrected chi connectivity index (χ3v) is 2.71. The normalized spacial score (nSPS) is 40.6. The van der Waals surface area contributed by atoms with Crippen LogP contribution in [0.3, 0.4) is 0 Å². The van der Waals surface area contributed by atoms with Crippen molar-refractivity contribution in [3.05, 3.63) is 0 Å². The first-order valence-corrected chi connectivity index (χ1v) is 4.46. The fourth-order valence-corrected chi connectivity index (χ4v) is 2.05. The lowest BCUT2D eigenvalue weighted by atomic mass is 9.98. The van der Waals surface area contributed by atoms with Gasteiger partial charge in [0.2, 0.25) is 0 Å². The Kier molecular flexibility index (Phi) is 2.47. The van der Waals surface area contributed by atoms with E-state index in [-0.39, 0.29) is 5.92 Å². The maximum absolute atomic E-state index is 10.8. The molecule has 0 N–H and O–H groups in total. The molecule has 1 heterocycles. The molecular weight excluding hydrogens is 148 g/mol. The Hall–Kier alpha value is -0.330. The highest BCUT2D eigenvalue weighted by Crippen LogP contribution is 2.18. The molecule has 0 saturated carbocycles. The predicted molar refractivity (Wildman–Crippen MR) is 40.4 cm³/mol. The van der Waals surface area contributed by atoms with Crippen molar-refractivity contribution in [1.29, 1.82) is 0 Å². The van der Waals surface area contributed by atoms with Crippen LogP contribution >= 0.6 is 0 Å². The molecule has 2 nitrogen and oxygen atoms in total. The maximum Gasteiger partial charge on any atom is 0.156 e. The molecule has 0 aliphatic carbocycles. The van der Waals surface area contributed by atoms with E-state index in [1.54, 1.807) is 0 Å². The molecule has 0 aromatic carbocycles. The molecule has 56 valence electrons. The molecule has 0 aromatic heterocycles. The second-order valence-electron chi connectivity index (χ2n) is 2.51. The van der Waals surface area contributed by atoms with Crippen molar-refractivity contribution in [2.24, 2.45) is 11.8 Å². The Morgan fingerprint density at radius 1 is 1.80 bits per heavy atom. The van der Waals surface area contributed by atoms with Crippen LogP contribution in [0.4, 0.5) is 0 Å². The van der Waals surface area contributed by atoms with Gasteiger partial charge in [0, 0.05) is 5.92 Å². The van der Waals surface area contributed by atoms with Crippen LogP contribution in [-0.4, -0.2) is 16.6 Å². The van der Waals surface area contributed by atoms with Crippen molar-refractivity contribution in [2.45, 2.75) is 6.92 Å². The zero-order chi connectivity index (χ0) is 7.56. The molecular formula is C7H10O2S. The quantitative estimate of drug-likeness (QED) is 0.482. The first-order valence-electron chi connectivity index (χ1n) is 3.22. The van der Waals surface area contributed by atoms with E-state index in [0.717, 1.165) is 0 Å². The van der Waals surface area contributed by atoms with E-state index in [1.165, 1.54) is 0 Å². The summed E-state index contributed by atoms with van der Waals surface area (Å²) in [6.07, 6.45) is 5.22. The smallest absolute Gasteiger partial charge is 0.156 e. The molecule has 3 heteroatoms. The fraction of sp³-hybridized carbons (Fsp3) is 0.714. The second kappa shape index (κ2) is 3.18. The van der Waals surface area contributed by atoms with Gasteiger partial charge in [0.1, 0.15) is 0 Å². The van der Waals surface area contributed by atoms with Gasteiger partial charge in [-0.15, -0.1) is 12.3 Å². The Bertz CT molecular complexity index is 183. The summed E-state index contributed by atoms with van der Waals surface area (Å²) in [6.45, 7) is 2.54. The summed E-state index contributed by atoms with van der Waals surface area (Å²) >= 11 is -1.13. The van der Waals surface area contributed by atoms with Crippen molar-refractivity contribution in [3.8, 4) is 12.3 Å². The van der Waals surface area contributed by atoms with E-state index in [1.807, 2.05) is 6.92 Å². The number of hydrogen-bond donors (Lipinski definition) is 0. The third-order valence-electron chi connectivity index (χ3n) is 1.68. The van der Waals surface area contributed by atoms with Crippen LogP contribution < -0.4 is 0 Å². The standard InChI is InChI=1S/C7H10O2S/c1-3-7-5-10(8)9-4-6(7)2/h1,6-7H,4-5H2,2H3. The Balaban J connectivity index is 2.56. The van der Waals surface area contributed by atoms with Gasteiger partial charge in [0.05, 0.1) is 12.4 Å². The van der Waals surface area contributed by atoms with Gasteiger partial charge in [-0.1, -0.05) is 6.92 Å². The van der Waals surface area contributed by atoms with Crippen molar-refractivity contribution in [1.82, 2.24) is 0 Å². The van der Waals surface area contributed by atoms with E-state index in [9.17, 15) is 4.21 Å². The summed E-state index contributed by atoms with van der Waals surface area (Å²) in [4.78, 5) is 0. The lowest BCUT2D eigenvalue weighted by Gasteiger charge is -2.22. The summed E-state index contributed by atoms with van der Waals surface area (Å²) < 4.78 is 15.7. The van der Waals surface area contributed by atoms with Crippen LogP contribution in [0.15, 0.2) is 0 Å². The monoisotopic (exact) mass is 158 g/mol. The van der Waals surface area contributed by atoms with Crippen LogP contribution in [0.5, 0.6) is 0 Å². The molecule has 3 atom stereocenters. The topological polar surface area (TPSA) is 26.3 Å². The first-order chi connectivity index (χ1) is 4.74. The molecule has 1 aliphatic rings. The number of rotatable bonds is 0. The molecule has 10 heavy (non-hydrogen) atoms. The minimum absolute atomic E-state index is 0.134. The molecule has 0 spiro atoms. The van der Waals surface area contributed by atoms with E-state index < -0.39 is 11.1 Å². The molecule has 0 aromatic rings. The molecule has 1 fully saturated rings. The summed E-state index contributed by atoms with van der Waals surface area (Å²) in [7, 11) is 0. The van der Waals surface area contributed by atoms with Crippen LogP contribution in [0, 0.1) is 24.2 Å². The van der Waals surface area contributed by atoms with Crippen LogP contribution in [0.25, 0.3) is 0 Å². The third kappa shape index (κ3) is 1.59. The summed E-state index contributed by atoms with van der Waals surface area (Å²) in [5.74, 6) is 3.59. The van der Waals surface area contributed by atoms with E-state index in [4.69, 9.17) is 10.6 Å². The van der Waals surface area contributed by atoms with Gasteiger partial charge in [-0.3, -0.25) is 4.18 Å². The van der Waals surface area contributed by atoms with Gasteiger partial charge in [-0.05, 0) is 5.92 Å². The lowest BCUT2D eigenvalue weighted by Crippen LogP contribution is -2.28. The van der Waals surface area contributed by atoms with Gasteiger partial charge >= 0.3 is 0 Å². The Labute approximate surface area is 63.6 Å².